The molecule has 12 heavy (non-hydrogen) atoms. The van der Waals surface area contributed by atoms with E-state index in [4.69, 9.17) is 0 Å². The highest BCUT2D eigenvalue weighted by atomic mass is 15.3. The van der Waals surface area contributed by atoms with Crippen LogP contribution in [0.3, 0.4) is 0 Å². The summed E-state index contributed by atoms with van der Waals surface area (Å²) in [4.78, 5) is 0. The van der Waals surface area contributed by atoms with Crippen LogP contribution in [0.4, 0.5) is 0 Å². The second-order valence-corrected chi connectivity index (χ2v) is 3.30. The molecule has 1 rings (SSSR count). The minimum Gasteiger partial charge on any atom is -0.312 e. The topological polar surface area (TPSA) is 29.9 Å². The highest BCUT2D eigenvalue weighted by Gasteiger charge is 2.10. The van der Waals surface area contributed by atoms with Crippen LogP contribution in [-0.4, -0.2) is 16.8 Å². The molecule has 3 nitrogen and oxygen atoms in total. The van der Waals surface area contributed by atoms with E-state index >= 15 is 0 Å². The fourth-order valence-electron chi connectivity index (χ4n) is 1.25. The minimum atomic E-state index is 0.370. The summed E-state index contributed by atoms with van der Waals surface area (Å²) in [6, 6.07) is 2.86. The fraction of sp³-hybridized carbons (Fsp3) is 0.667. The van der Waals surface area contributed by atoms with Crippen molar-refractivity contribution in [1.29, 1.82) is 0 Å². The van der Waals surface area contributed by atoms with Gasteiger partial charge in [-0.2, -0.15) is 5.10 Å². The van der Waals surface area contributed by atoms with Crippen LogP contribution in [-0.2, 0) is 0 Å². The summed E-state index contributed by atoms with van der Waals surface area (Å²) in [5.41, 5.74) is 1.24. The summed E-state index contributed by atoms with van der Waals surface area (Å²) in [7, 11) is 1.96. The number of aromatic nitrogens is 2. The number of hydrogen-bond donors (Lipinski definition) is 1. The molecule has 0 bridgehead atoms. The molecule has 0 spiro atoms. The lowest BCUT2D eigenvalue weighted by Gasteiger charge is -2.15. The van der Waals surface area contributed by atoms with E-state index in [1.165, 1.54) is 5.69 Å². The molecule has 0 aliphatic carbocycles. The molecule has 0 fully saturated rings. The van der Waals surface area contributed by atoms with Crippen LogP contribution in [0.15, 0.2) is 12.3 Å². The number of hydrogen-bond acceptors (Lipinski definition) is 2. The van der Waals surface area contributed by atoms with Crippen LogP contribution in [0, 0.1) is 0 Å². The third-order valence-electron chi connectivity index (χ3n) is 2.07. The van der Waals surface area contributed by atoms with Gasteiger partial charge in [-0.25, -0.2) is 0 Å². The Balaban J connectivity index is 2.91. The molecule has 0 radical (unpaired) electrons. The van der Waals surface area contributed by atoms with E-state index in [9.17, 15) is 0 Å². The molecule has 0 amide bonds. The largest absolute Gasteiger partial charge is 0.312 e. The van der Waals surface area contributed by atoms with Crippen molar-refractivity contribution in [2.45, 2.75) is 32.9 Å². The summed E-state index contributed by atoms with van der Waals surface area (Å²) in [5, 5.41) is 7.46. The van der Waals surface area contributed by atoms with Crippen LogP contribution < -0.4 is 5.32 Å². The number of rotatable bonds is 3. The summed E-state index contributed by atoms with van der Waals surface area (Å²) in [6.07, 6.45) is 1.85. The predicted octanol–water partition coefficient (Wildman–Crippen LogP) is 1.74. The Bertz CT molecular complexity index is 240. The molecule has 1 unspecified atom stereocenters. The smallest absolute Gasteiger partial charge is 0.0553 e. The van der Waals surface area contributed by atoms with Crippen molar-refractivity contribution in [2.75, 3.05) is 7.05 Å². The summed E-state index contributed by atoms with van der Waals surface area (Å²) in [6.45, 7) is 6.41. The maximum absolute atomic E-state index is 4.26. The molecule has 1 heterocycles. The Hall–Kier alpha value is -0.830. The van der Waals surface area contributed by atoms with Gasteiger partial charge in [0, 0.05) is 18.3 Å². The normalized spacial score (nSPS) is 13.8. The molecule has 1 aromatic rings. The Morgan fingerprint density at radius 3 is 2.58 bits per heavy atom. The first kappa shape index (κ1) is 9.26. The minimum absolute atomic E-state index is 0.370. The molecular weight excluding hydrogens is 150 g/mol. The molecule has 1 atom stereocenters. The summed E-state index contributed by atoms with van der Waals surface area (Å²) >= 11 is 0. The first-order valence-electron chi connectivity index (χ1n) is 4.37. The van der Waals surface area contributed by atoms with Gasteiger partial charge in [0.15, 0.2) is 0 Å². The fourth-order valence-corrected chi connectivity index (χ4v) is 1.25. The van der Waals surface area contributed by atoms with Crippen LogP contribution in [0.25, 0.3) is 0 Å². The first-order valence-corrected chi connectivity index (χ1v) is 4.37. The van der Waals surface area contributed by atoms with E-state index in [0.717, 1.165) is 0 Å². The van der Waals surface area contributed by atoms with Gasteiger partial charge in [-0.1, -0.05) is 0 Å². The second-order valence-electron chi connectivity index (χ2n) is 3.30. The van der Waals surface area contributed by atoms with E-state index < -0.39 is 0 Å². The monoisotopic (exact) mass is 167 g/mol. The third-order valence-corrected chi connectivity index (χ3v) is 2.07. The van der Waals surface area contributed by atoms with Crippen molar-refractivity contribution in [3.63, 3.8) is 0 Å². The van der Waals surface area contributed by atoms with Gasteiger partial charge in [0.1, 0.15) is 0 Å². The highest BCUT2D eigenvalue weighted by molar-refractivity contribution is 5.06. The van der Waals surface area contributed by atoms with E-state index in [1.54, 1.807) is 0 Å². The van der Waals surface area contributed by atoms with Gasteiger partial charge in [-0.3, -0.25) is 4.68 Å². The molecule has 0 aliphatic rings. The van der Waals surface area contributed by atoms with E-state index in [1.807, 2.05) is 17.9 Å². The highest BCUT2D eigenvalue weighted by Crippen LogP contribution is 2.14. The average Bonchev–Trinajstić information content (AvgIpc) is 2.50. The molecule has 0 aromatic carbocycles. The van der Waals surface area contributed by atoms with Gasteiger partial charge >= 0.3 is 0 Å². The maximum atomic E-state index is 4.26. The SMILES string of the molecule is CNC(C)c1ccnn1C(C)C. The molecule has 0 aliphatic heterocycles. The standard InChI is InChI=1S/C9H17N3/c1-7(2)12-9(5-6-11-12)8(3)10-4/h5-8,10H,1-4H3. The van der Waals surface area contributed by atoms with Gasteiger partial charge in [0.25, 0.3) is 0 Å². The van der Waals surface area contributed by atoms with Crippen molar-refractivity contribution < 1.29 is 0 Å². The average molecular weight is 167 g/mol. The van der Waals surface area contributed by atoms with Gasteiger partial charge in [0.2, 0.25) is 0 Å². The molecule has 3 heteroatoms. The van der Waals surface area contributed by atoms with Crippen LogP contribution in [0.5, 0.6) is 0 Å². The van der Waals surface area contributed by atoms with Crippen molar-refractivity contribution in [3.8, 4) is 0 Å². The maximum Gasteiger partial charge on any atom is 0.0553 e. The lowest BCUT2D eigenvalue weighted by atomic mass is 10.2. The van der Waals surface area contributed by atoms with Crippen LogP contribution in [0.2, 0.25) is 0 Å². The zero-order chi connectivity index (χ0) is 9.14. The van der Waals surface area contributed by atoms with E-state index in [2.05, 4.69) is 37.3 Å². The Morgan fingerprint density at radius 1 is 1.42 bits per heavy atom. The number of nitrogens with one attached hydrogen (secondary N) is 1. The molecule has 1 aromatic heterocycles. The van der Waals surface area contributed by atoms with Crippen LogP contribution in [0.1, 0.15) is 38.5 Å². The quantitative estimate of drug-likeness (QED) is 0.743. The molecule has 0 saturated heterocycles. The summed E-state index contributed by atoms with van der Waals surface area (Å²) in [5.74, 6) is 0. The van der Waals surface area contributed by atoms with E-state index in [0.29, 0.717) is 12.1 Å². The van der Waals surface area contributed by atoms with Crippen LogP contribution >= 0.6 is 0 Å². The van der Waals surface area contributed by atoms with Crippen molar-refractivity contribution in [3.05, 3.63) is 18.0 Å². The first-order chi connectivity index (χ1) is 5.66. The van der Waals surface area contributed by atoms with Gasteiger partial charge < -0.3 is 5.32 Å². The second kappa shape index (κ2) is 3.72. The molecule has 0 saturated carbocycles. The Kier molecular flexibility index (Phi) is 2.87. The molecule has 68 valence electrons. The zero-order valence-electron chi connectivity index (χ0n) is 8.20. The van der Waals surface area contributed by atoms with Crippen molar-refractivity contribution in [1.82, 2.24) is 15.1 Å². The van der Waals surface area contributed by atoms with Gasteiger partial charge in [-0.15, -0.1) is 0 Å². The van der Waals surface area contributed by atoms with Crippen molar-refractivity contribution in [2.24, 2.45) is 0 Å². The van der Waals surface area contributed by atoms with Gasteiger partial charge in [-0.05, 0) is 33.9 Å². The molecule has 1 N–H and O–H groups in total. The Labute approximate surface area is 73.8 Å². The lowest BCUT2D eigenvalue weighted by molar-refractivity contribution is 0.475. The molecular formula is C9H17N3. The van der Waals surface area contributed by atoms with Crippen molar-refractivity contribution >= 4 is 0 Å². The lowest BCUT2D eigenvalue weighted by Crippen LogP contribution is -2.18. The van der Waals surface area contributed by atoms with Gasteiger partial charge in [0.05, 0.1) is 5.69 Å². The zero-order valence-corrected chi connectivity index (χ0v) is 8.20. The van der Waals surface area contributed by atoms with E-state index in [-0.39, 0.29) is 0 Å². The number of nitrogens with zero attached hydrogens (tertiary/aromatic N) is 2. The summed E-state index contributed by atoms with van der Waals surface area (Å²) < 4.78 is 2.04. The Morgan fingerprint density at radius 2 is 2.08 bits per heavy atom. The third kappa shape index (κ3) is 1.67. The predicted molar refractivity (Wildman–Crippen MR) is 50.1 cm³/mol.